The minimum atomic E-state index is -0.110. The van der Waals surface area contributed by atoms with Crippen LogP contribution in [0, 0.1) is 11.3 Å². The van der Waals surface area contributed by atoms with Crippen LogP contribution in [-0.4, -0.2) is 42.6 Å². The van der Waals surface area contributed by atoms with Gasteiger partial charge in [0, 0.05) is 12.1 Å². The monoisotopic (exact) mass is 329 g/mol. The fourth-order valence-electron chi connectivity index (χ4n) is 2.92. The van der Waals surface area contributed by atoms with E-state index in [2.05, 4.69) is 30.1 Å². The average molecular weight is 329 g/mol. The highest BCUT2D eigenvalue weighted by atomic mass is 16.5. The number of amides is 1. The Hall–Kier alpha value is -2.06. The summed E-state index contributed by atoms with van der Waals surface area (Å²) in [5, 5.41) is 11.6. The quantitative estimate of drug-likeness (QED) is 0.835. The molecule has 1 amide bonds. The van der Waals surface area contributed by atoms with Crippen LogP contribution in [-0.2, 0) is 11.2 Å². The molecule has 0 radical (unpaired) electrons. The maximum Gasteiger partial charge on any atom is 0.258 e. The summed E-state index contributed by atoms with van der Waals surface area (Å²) in [6.45, 7) is 7.19. The highest BCUT2D eigenvalue weighted by Gasteiger charge is 2.28. The van der Waals surface area contributed by atoms with Crippen LogP contribution in [0.15, 0.2) is 24.3 Å². The second-order valence-corrected chi connectivity index (χ2v) is 6.90. The van der Waals surface area contributed by atoms with Gasteiger partial charge in [-0.25, -0.2) is 0 Å². The number of carbonyl (C=O) groups excluding carboxylic acids is 1. The fourth-order valence-corrected chi connectivity index (χ4v) is 2.92. The van der Waals surface area contributed by atoms with Crippen LogP contribution >= 0.6 is 0 Å². The molecule has 0 saturated carbocycles. The third-order valence-electron chi connectivity index (χ3n) is 4.51. The van der Waals surface area contributed by atoms with Gasteiger partial charge in [-0.1, -0.05) is 18.6 Å². The molecule has 5 nitrogen and oxygen atoms in total. The molecule has 24 heavy (non-hydrogen) atoms. The molecule has 0 atom stereocenters. The van der Waals surface area contributed by atoms with Crippen LogP contribution in [0.2, 0.25) is 0 Å². The van der Waals surface area contributed by atoms with Crippen molar-refractivity contribution in [3.63, 3.8) is 0 Å². The molecule has 5 heteroatoms. The number of piperidine rings is 1. The van der Waals surface area contributed by atoms with Crippen LogP contribution in [0.25, 0.3) is 0 Å². The number of likely N-dealkylation sites (tertiary alicyclic amines) is 1. The van der Waals surface area contributed by atoms with Crippen molar-refractivity contribution in [2.45, 2.75) is 45.1 Å². The molecule has 1 aliphatic heterocycles. The van der Waals surface area contributed by atoms with E-state index in [1.165, 1.54) is 19.3 Å². The van der Waals surface area contributed by atoms with E-state index in [-0.39, 0.29) is 18.1 Å². The molecule has 1 saturated heterocycles. The largest absolute Gasteiger partial charge is 0.484 e. The minimum absolute atomic E-state index is 0.00762. The Morgan fingerprint density at radius 3 is 2.54 bits per heavy atom. The molecule has 0 bridgehead atoms. The maximum absolute atomic E-state index is 12.0. The van der Waals surface area contributed by atoms with Crippen molar-refractivity contribution in [3.8, 4) is 11.8 Å². The lowest BCUT2D eigenvalue weighted by Gasteiger charge is -2.41. The molecule has 0 aliphatic carbocycles. The molecule has 2 rings (SSSR count). The van der Waals surface area contributed by atoms with Gasteiger partial charge in [-0.05, 0) is 57.5 Å². The normalized spacial score (nSPS) is 15.5. The highest BCUT2D eigenvalue weighted by Crippen LogP contribution is 2.19. The predicted molar refractivity (Wildman–Crippen MR) is 93.8 cm³/mol. The molecule has 1 N–H and O–H groups in total. The van der Waals surface area contributed by atoms with Crippen molar-refractivity contribution < 1.29 is 9.53 Å². The van der Waals surface area contributed by atoms with E-state index in [9.17, 15) is 4.79 Å². The number of nitrogens with zero attached hydrogens (tertiary/aromatic N) is 2. The third-order valence-corrected chi connectivity index (χ3v) is 4.51. The molecule has 0 unspecified atom stereocenters. The van der Waals surface area contributed by atoms with Crippen molar-refractivity contribution >= 4 is 5.91 Å². The standard InChI is InChI=1S/C19H27N3O2/c1-19(2,22-12-4-3-5-13-22)15-21-18(23)14-24-17-8-6-16(7-9-17)10-11-20/h6-9H,3-5,10,12-15H2,1-2H3,(H,21,23). The van der Waals surface area contributed by atoms with E-state index in [0.717, 1.165) is 18.7 Å². The summed E-state index contributed by atoms with van der Waals surface area (Å²) in [4.78, 5) is 14.5. The van der Waals surface area contributed by atoms with Crippen LogP contribution < -0.4 is 10.1 Å². The first kappa shape index (κ1) is 18.3. The van der Waals surface area contributed by atoms with Gasteiger partial charge in [0.15, 0.2) is 6.61 Å². The predicted octanol–water partition coefficient (Wildman–Crippen LogP) is 2.51. The Morgan fingerprint density at radius 1 is 1.25 bits per heavy atom. The minimum Gasteiger partial charge on any atom is -0.484 e. The van der Waals surface area contributed by atoms with Crippen LogP contribution in [0.1, 0.15) is 38.7 Å². The van der Waals surface area contributed by atoms with E-state index < -0.39 is 0 Å². The number of hydrogen-bond acceptors (Lipinski definition) is 4. The lowest BCUT2D eigenvalue weighted by atomic mass is 9.98. The molecule has 1 aromatic carbocycles. The zero-order valence-corrected chi connectivity index (χ0v) is 14.7. The summed E-state index contributed by atoms with van der Waals surface area (Å²) in [6.07, 6.45) is 4.16. The molecule has 130 valence electrons. The van der Waals surface area contributed by atoms with Crippen molar-refractivity contribution in [2.24, 2.45) is 0 Å². The Balaban J connectivity index is 1.73. The molecule has 1 heterocycles. The topological polar surface area (TPSA) is 65.4 Å². The van der Waals surface area contributed by atoms with E-state index in [0.29, 0.717) is 18.7 Å². The second-order valence-electron chi connectivity index (χ2n) is 6.90. The first-order chi connectivity index (χ1) is 11.5. The Bertz CT molecular complexity index is 569. The number of nitrogens with one attached hydrogen (secondary N) is 1. The first-order valence-corrected chi connectivity index (χ1v) is 8.62. The average Bonchev–Trinajstić information content (AvgIpc) is 2.60. The van der Waals surface area contributed by atoms with Gasteiger partial charge in [-0.15, -0.1) is 0 Å². The van der Waals surface area contributed by atoms with Crippen molar-refractivity contribution in [2.75, 3.05) is 26.2 Å². The smallest absolute Gasteiger partial charge is 0.258 e. The highest BCUT2D eigenvalue weighted by molar-refractivity contribution is 5.77. The molecule has 0 spiro atoms. The summed E-state index contributed by atoms with van der Waals surface area (Å²) < 4.78 is 5.50. The number of nitriles is 1. The Kier molecular flexibility index (Phi) is 6.62. The van der Waals surface area contributed by atoms with Gasteiger partial charge >= 0.3 is 0 Å². The van der Waals surface area contributed by atoms with Crippen LogP contribution in [0.5, 0.6) is 5.75 Å². The summed E-state index contributed by atoms with van der Waals surface area (Å²) in [6, 6.07) is 9.37. The van der Waals surface area contributed by atoms with Gasteiger partial charge < -0.3 is 10.1 Å². The van der Waals surface area contributed by atoms with Gasteiger partial charge in [0.2, 0.25) is 0 Å². The molecule has 1 aliphatic rings. The summed E-state index contributed by atoms with van der Waals surface area (Å²) in [5.41, 5.74) is 0.909. The van der Waals surface area contributed by atoms with Crippen LogP contribution in [0.3, 0.4) is 0 Å². The summed E-state index contributed by atoms with van der Waals surface area (Å²) in [7, 11) is 0. The fraction of sp³-hybridized carbons (Fsp3) is 0.579. The SMILES string of the molecule is CC(C)(CNC(=O)COc1ccc(CC#N)cc1)N1CCCCC1. The van der Waals surface area contributed by atoms with E-state index in [1.54, 1.807) is 12.1 Å². The zero-order chi connectivity index (χ0) is 17.4. The summed E-state index contributed by atoms with van der Waals surface area (Å²) >= 11 is 0. The number of hydrogen-bond donors (Lipinski definition) is 1. The lowest BCUT2D eigenvalue weighted by molar-refractivity contribution is -0.123. The van der Waals surface area contributed by atoms with E-state index in [4.69, 9.17) is 10.00 Å². The molecule has 0 aromatic heterocycles. The van der Waals surface area contributed by atoms with Crippen molar-refractivity contribution in [3.05, 3.63) is 29.8 Å². The van der Waals surface area contributed by atoms with Gasteiger partial charge in [0.1, 0.15) is 5.75 Å². The van der Waals surface area contributed by atoms with Crippen LogP contribution in [0.4, 0.5) is 0 Å². The molecular formula is C19H27N3O2. The molecular weight excluding hydrogens is 302 g/mol. The number of carbonyl (C=O) groups is 1. The first-order valence-electron chi connectivity index (χ1n) is 8.62. The Labute approximate surface area is 144 Å². The van der Waals surface area contributed by atoms with Crippen molar-refractivity contribution in [1.82, 2.24) is 10.2 Å². The van der Waals surface area contributed by atoms with Gasteiger partial charge in [-0.3, -0.25) is 9.69 Å². The zero-order valence-electron chi connectivity index (χ0n) is 14.7. The number of ether oxygens (including phenoxy) is 1. The third kappa shape index (κ3) is 5.54. The molecule has 1 fully saturated rings. The lowest BCUT2D eigenvalue weighted by Crippen LogP contribution is -2.53. The Morgan fingerprint density at radius 2 is 1.92 bits per heavy atom. The number of benzene rings is 1. The van der Waals surface area contributed by atoms with Crippen molar-refractivity contribution in [1.29, 1.82) is 5.26 Å². The number of rotatable bonds is 7. The molecule has 1 aromatic rings. The summed E-state index contributed by atoms with van der Waals surface area (Å²) in [5.74, 6) is 0.531. The van der Waals surface area contributed by atoms with Gasteiger partial charge in [0.05, 0.1) is 12.5 Å². The van der Waals surface area contributed by atoms with Gasteiger partial charge in [0.25, 0.3) is 5.91 Å². The maximum atomic E-state index is 12.0. The van der Waals surface area contributed by atoms with E-state index in [1.807, 2.05) is 12.1 Å². The van der Waals surface area contributed by atoms with E-state index >= 15 is 0 Å². The second kappa shape index (κ2) is 8.70. The van der Waals surface area contributed by atoms with Gasteiger partial charge in [-0.2, -0.15) is 5.26 Å².